The van der Waals surface area contributed by atoms with Gasteiger partial charge in [-0.25, -0.2) is 0 Å². The van der Waals surface area contributed by atoms with Gasteiger partial charge in [-0.3, -0.25) is 9.59 Å². The average molecular weight is 350 g/mol. The van der Waals surface area contributed by atoms with E-state index in [1.807, 2.05) is 24.3 Å². The van der Waals surface area contributed by atoms with Crippen molar-refractivity contribution in [1.29, 1.82) is 0 Å². The molecule has 0 saturated carbocycles. The smallest absolute Gasteiger partial charge is 0.231 e. The number of hydrogen-bond donors (Lipinski definition) is 1. The quantitative estimate of drug-likeness (QED) is 0.570. The summed E-state index contributed by atoms with van der Waals surface area (Å²) >= 11 is 0. The van der Waals surface area contributed by atoms with Gasteiger partial charge in [-0.1, -0.05) is 46.8 Å². The van der Waals surface area contributed by atoms with Crippen molar-refractivity contribution in [1.82, 2.24) is 0 Å². The highest BCUT2D eigenvalue weighted by Crippen LogP contribution is 2.37. The van der Waals surface area contributed by atoms with Crippen LogP contribution >= 0.6 is 0 Å². The number of Topliss-reactive ketones (excluding diaryl/α,β-unsaturated/α-hetero) is 1. The molecule has 1 aromatic rings. The average Bonchev–Trinajstić information content (AvgIpc) is 2.45. The Hall–Kier alpha value is -1.46. The molecule has 1 aromatic carbocycles. The van der Waals surface area contributed by atoms with Gasteiger partial charge < -0.3 is 9.74 Å². The molecular formula is C19H31NO3Si. The summed E-state index contributed by atoms with van der Waals surface area (Å²) in [5, 5.41) is 2.94. The van der Waals surface area contributed by atoms with Gasteiger partial charge in [0.25, 0.3) is 0 Å². The van der Waals surface area contributed by atoms with E-state index in [2.05, 4.69) is 39.2 Å². The summed E-state index contributed by atoms with van der Waals surface area (Å²) in [6.45, 7) is 15.3. The molecular weight excluding hydrogens is 318 g/mol. The van der Waals surface area contributed by atoms with E-state index in [4.69, 9.17) is 4.43 Å². The molecule has 0 atom stereocenters. The van der Waals surface area contributed by atoms with E-state index in [0.29, 0.717) is 12.3 Å². The van der Waals surface area contributed by atoms with Crippen LogP contribution in [-0.4, -0.2) is 20.0 Å². The highest BCUT2D eigenvalue weighted by molar-refractivity contribution is 6.74. The molecule has 0 fully saturated rings. The van der Waals surface area contributed by atoms with Gasteiger partial charge in [0.2, 0.25) is 5.91 Å². The van der Waals surface area contributed by atoms with E-state index in [-0.39, 0.29) is 29.1 Å². The van der Waals surface area contributed by atoms with Crippen LogP contribution in [0.2, 0.25) is 18.1 Å². The second kappa shape index (κ2) is 8.08. The monoisotopic (exact) mass is 349 g/mol. The zero-order valence-electron chi connectivity index (χ0n) is 16.0. The van der Waals surface area contributed by atoms with E-state index in [9.17, 15) is 9.59 Å². The number of ketones is 1. The lowest BCUT2D eigenvalue weighted by Gasteiger charge is -2.36. The molecule has 0 aliphatic heterocycles. The van der Waals surface area contributed by atoms with Crippen LogP contribution < -0.4 is 5.32 Å². The summed E-state index contributed by atoms with van der Waals surface area (Å²) in [4.78, 5) is 23.4. The lowest BCUT2D eigenvalue weighted by Crippen LogP contribution is -2.40. The van der Waals surface area contributed by atoms with Gasteiger partial charge in [-0.05, 0) is 35.8 Å². The molecule has 5 heteroatoms. The third kappa shape index (κ3) is 6.21. The summed E-state index contributed by atoms with van der Waals surface area (Å²) in [6, 6.07) is 7.60. The van der Waals surface area contributed by atoms with Gasteiger partial charge in [0.15, 0.2) is 8.32 Å². The molecule has 0 aliphatic carbocycles. The predicted molar refractivity (Wildman–Crippen MR) is 102 cm³/mol. The molecule has 24 heavy (non-hydrogen) atoms. The molecule has 0 unspecified atom stereocenters. The first-order valence-corrected chi connectivity index (χ1v) is 11.4. The number of amides is 1. The molecule has 1 rings (SSSR count). The second-order valence-corrected chi connectivity index (χ2v) is 12.9. The van der Waals surface area contributed by atoms with Crippen LogP contribution in [0.5, 0.6) is 0 Å². The lowest BCUT2D eigenvalue weighted by atomic mass is 10.1. The SMILES string of the molecule is CC(C)C(=O)CC(=O)Nc1ccc(CO[Si](C)(C)C(C)(C)C)cc1. The minimum absolute atomic E-state index is 0.0492. The standard InChI is InChI=1S/C19H31NO3Si/c1-14(2)17(21)12-18(22)20-16-10-8-15(9-11-16)13-23-24(6,7)19(3,4)5/h8-11,14H,12-13H2,1-7H3,(H,20,22). The van der Waals surface area contributed by atoms with Crippen molar-refractivity contribution in [2.24, 2.45) is 5.92 Å². The van der Waals surface area contributed by atoms with Gasteiger partial charge in [0.1, 0.15) is 5.78 Å². The number of rotatable bonds is 7. The third-order valence-electron chi connectivity index (χ3n) is 4.62. The lowest BCUT2D eigenvalue weighted by molar-refractivity contribution is -0.127. The van der Waals surface area contributed by atoms with Gasteiger partial charge in [-0.15, -0.1) is 0 Å². The molecule has 1 N–H and O–H groups in total. The van der Waals surface area contributed by atoms with Crippen molar-refractivity contribution in [3.63, 3.8) is 0 Å². The van der Waals surface area contributed by atoms with Crippen LogP contribution in [0.25, 0.3) is 0 Å². The Morgan fingerprint density at radius 2 is 1.67 bits per heavy atom. The fourth-order valence-electron chi connectivity index (χ4n) is 1.73. The number of carbonyl (C=O) groups excluding carboxylic acids is 2. The minimum atomic E-state index is -1.76. The number of benzene rings is 1. The van der Waals surface area contributed by atoms with E-state index in [0.717, 1.165) is 5.56 Å². The molecule has 0 aliphatic rings. The molecule has 0 bridgehead atoms. The molecule has 1 amide bonds. The van der Waals surface area contributed by atoms with Crippen molar-refractivity contribution in [2.45, 2.75) is 65.8 Å². The Labute approximate surface area is 147 Å². The maximum absolute atomic E-state index is 11.8. The molecule has 0 aromatic heterocycles. The number of anilines is 1. The molecule has 0 saturated heterocycles. The second-order valence-electron chi connectivity index (χ2n) is 8.09. The fraction of sp³-hybridized carbons (Fsp3) is 0.579. The van der Waals surface area contributed by atoms with Crippen molar-refractivity contribution < 1.29 is 14.0 Å². The molecule has 134 valence electrons. The van der Waals surface area contributed by atoms with Crippen LogP contribution in [0.1, 0.15) is 46.6 Å². The number of carbonyl (C=O) groups is 2. The summed E-state index contributed by atoms with van der Waals surface area (Å²) in [5.74, 6) is -0.434. The van der Waals surface area contributed by atoms with E-state index in [1.165, 1.54) is 0 Å². The number of hydrogen-bond acceptors (Lipinski definition) is 3. The summed E-state index contributed by atoms with van der Waals surface area (Å²) in [5.41, 5.74) is 1.78. The van der Waals surface area contributed by atoms with Crippen molar-refractivity contribution in [3.05, 3.63) is 29.8 Å². The third-order valence-corrected chi connectivity index (χ3v) is 9.10. The molecule has 0 spiro atoms. The zero-order chi connectivity index (χ0) is 18.5. The summed E-state index contributed by atoms with van der Waals surface area (Å²) in [7, 11) is -1.76. The maximum atomic E-state index is 11.8. The first-order valence-electron chi connectivity index (χ1n) is 8.48. The van der Waals surface area contributed by atoms with Crippen molar-refractivity contribution in [3.8, 4) is 0 Å². The Kier molecular flexibility index (Phi) is 6.93. The van der Waals surface area contributed by atoms with Crippen molar-refractivity contribution in [2.75, 3.05) is 5.32 Å². The van der Waals surface area contributed by atoms with Crippen LogP contribution in [0, 0.1) is 5.92 Å². The van der Waals surface area contributed by atoms with Crippen LogP contribution in [-0.2, 0) is 20.6 Å². The topological polar surface area (TPSA) is 55.4 Å². The minimum Gasteiger partial charge on any atom is -0.413 e. The molecule has 0 radical (unpaired) electrons. The fourth-order valence-corrected chi connectivity index (χ4v) is 2.69. The van der Waals surface area contributed by atoms with Gasteiger partial charge in [0, 0.05) is 11.6 Å². The summed E-state index contributed by atoms with van der Waals surface area (Å²) < 4.78 is 6.19. The molecule has 4 nitrogen and oxygen atoms in total. The maximum Gasteiger partial charge on any atom is 0.231 e. The van der Waals surface area contributed by atoms with Crippen LogP contribution in [0.4, 0.5) is 5.69 Å². The number of nitrogens with one attached hydrogen (secondary N) is 1. The predicted octanol–water partition coefficient (Wildman–Crippen LogP) is 4.76. The first kappa shape index (κ1) is 20.6. The van der Waals surface area contributed by atoms with E-state index in [1.54, 1.807) is 13.8 Å². The van der Waals surface area contributed by atoms with Gasteiger partial charge in [-0.2, -0.15) is 0 Å². The van der Waals surface area contributed by atoms with Gasteiger partial charge in [0.05, 0.1) is 13.0 Å². The van der Waals surface area contributed by atoms with E-state index < -0.39 is 8.32 Å². The highest BCUT2D eigenvalue weighted by atomic mass is 28.4. The Morgan fingerprint density at radius 3 is 2.12 bits per heavy atom. The van der Waals surface area contributed by atoms with Crippen molar-refractivity contribution >= 4 is 25.7 Å². The zero-order valence-corrected chi connectivity index (χ0v) is 17.0. The first-order chi connectivity index (χ1) is 10.9. The van der Waals surface area contributed by atoms with Crippen LogP contribution in [0.15, 0.2) is 24.3 Å². The summed E-state index contributed by atoms with van der Waals surface area (Å²) in [6.07, 6.45) is -0.0755. The Bertz CT molecular complexity index is 571. The Balaban J connectivity index is 2.58. The van der Waals surface area contributed by atoms with E-state index >= 15 is 0 Å². The van der Waals surface area contributed by atoms with Gasteiger partial charge >= 0.3 is 0 Å². The molecule has 0 heterocycles. The largest absolute Gasteiger partial charge is 0.413 e. The highest BCUT2D eigenvalue weighted by Gasteiger charge is 2.36. The normalized spacial score (nSPS) is 12.3. The van der Waals surface area contributed by atoms with Crippen LogP contribution in [0.3, 0.4) is 0 Å². The Morgan fingerprint density at radius 1 is 1.12 bits per heavy atom.